The third-order valence-electron chi connectivity index (χ3n) is 0.224. The van der Waals surface area contributed by atoms with E-state index in [0.29, 0.717) is 0 Å². The SMILES string of the molecule is CC[CH2][Sb]. The van der Waals surface area contributed by atoms with Crippen LogP contribution in [0.15, 0.2) is 0 Å². The fraction of sp³-hybridized carbons (Fsp3) is 1.00. The zero-order chi connectivity index (χ0) is 3.41. The van der Waals surface area contributed by atoms with Crippen molar-refractivity contribution in [3.05, 3.63) is 0 Å². The zero-order valence-electron chi connectivity index (χ0n) is 2.86. The van der Waals surface area contributed by atoms with Crippen molar-refractivity contribution in [3.63, 3.8) is 0 Å². The average Bonchev–Trinajstić information content (AvgIpc) is 1.37. The van der Waals surface area contributed by atoms with Crippen molar-refractivity contribution in [2.24, 2.45) is 0 Å². The van der Waals surface area contributed by atoms with Crippen molar-refractivity contribution < 1.29 is 0 Å². The fourth-order valence-electron chi connectivity index (χ4n) is 0. The molecule has 0 aromatic rings. The third-order valence-corrected chi connectivity index (χ3v) is 1.50. The molecule has 0 aliphatic carbocycles. The first-order valence-corrected chi connectivity index (χ1v) is 3.33. The summed E-state index contributed by atoms with van der Waals surface area (Å²) in [5.74, 6) is 0. The van der Waals surface area contributed by atoms with E-state index in [2.05, 4.69) is 6.92 Å². The van der Waals surface area contributed by atoms with Gasteiger partial charge >= 0.3 is 40.7 Å². The van der Waals surface area contributed by atoms with Crippen LogP contribution in [-0.2, 0) is 0 Å². The standard InChI is InChI=1S/C3H7.Sb/c1-3-2;/h1,3H2,2H3;. The normalized spacial score (nSPS) is 7.50. The molecule has 0 nitrogen and oxygen atoms in total. The first kappa shape index (κ1) is 4.82. The summed E-state index contributed by atoms with van der Waals surface area (Å²) in [5.41, 5.74) is 0. The predicted molar refractivity (Wildman–Crippen MR) is 20.9 cm³/mol. The van der Waals surface area contributed by atoms with Gasteiger partial charge in [-0.05, 0) is 0 Å². The van der Waals surface area contributed by atoms with Crippen LogP contribution in [0.1, 0.15) is 13.3 Å². The van der Waals surface area contributed by atoms with Gasteiger partial charge in [-0.2, -0.15) is 0 Å². The molecule has 0 fully saturated rings. The Bertz CT molecular complexity index is 5.25. The second-order valence-electron chi connectivity index (χ2n) is 0.724. The molecular formula is C3H7Sb. The van der Waals surface area contributed by atoms with Crippen LogP contribution in [0.4, 0.5) is 0 Å². The van der Waals surface area contributed by atoms with E-state index in [9.17, 15) is 0 Å². The maximum atomic E-state index is 2.19. The van der Waals surface area contributed by atoms with Crippen LogP contribution < -0.4 is 0 Å². The van der Waals surface area contributed by atoms with Gasteiger partial charge in [-0.3, -0.25) is 0 Å². The fourth-order valence-corrected chi connectivity index (χ4v) is 0. The monoisotopic (exact) mass is 164 g/mol. The molecule has 0 aromatic carbocycles. The molecule has 0 rings (SSSR count). The Kier molecular flexibility index (Phi) is 4.60. The number of rotatable bonds is 1. The van der Waals surface area contributed by atoms with Crippen molar-refractivity contribution >= 4 is 23.0 Å². The van der Waals surface area contributed by atoms with Crippen LogP contribution in [0.2, 0.25) is 4.37 Å². The second kappa shape index (κ2) is 3.82. The summed E-state index contributed by atoms with van der Waals surface area (Å²) in [6, 6.07) is 0. The summed E-state index contributed by atoms with van der Waals surface area (Å²) in [5, 5.41) is 0. The summed E-state index contributed by atoms with van der Waals surface area (Å²) in [4.78, 5) is 0. The molecule has 0 unspecified atom stereocenters. The van der Waals surface area contributed by atoms with Crippen LogP contribution in [0.3, 0.4) is 0 Å². The maximum absolute atomic E-state index is 2.19. The van der Waals surface area contributed by atoms with Gasteiger partial charge in [0.1, 0.15) is 0 Å². The molecule has 24 valence electrons. The van der Waals surface area contributed by atoms with Crippen molar-refractivity contribution in [1.82, 2.24) is 0 Å². The van der Waals surface area contributed by atoms with Crippen LogP contribution >= 0.6 is 0 Å². The van der Waals surface area contributed by atoms with E-state index in [1.807, 2.05) is 23.0 Å². The minimum absolute atomic E-state index is 1.34. The minimum atomic E-state index is 1.34. The van der Waals surface area contributed by atoms with Gasteiger partial charge < -0.3 is 0 Å². The van der Waals surface area contributed by atoms with Gasteiger partial charge in [-0.15, -0.1) is 0 Å². The number of hydrogen-bond acceptors (Lipinski definition) is 0. The summed E-state index contributed by atoms with van der Waals surface area (Å²) in [6.07, 6.45) is 1.34. The van der Waals surface area contributed by atoms with Gasteiger partial charge in [0.15, 0.2) is 0 Å². The van der Waals surface area contributed by atoms with Crippen LogP contribution in [0.25, 0.3) is 0 Å². The number of hydrogen-bond donors (Lipinski definition) is 0. The predicted octanol–water partition coefficient (Wildman–Crippen LogP) is 0.983. The molecule has 1 heteroatoms. The van der Waals surface area contributed by atoms with Gasteiger partial charge in [0.25, 0.3) is 0 Å². The molecule has 0 spiro atoms. The molecule has 0 bridgehead atoms. The topological polar surface area (TPSA) is 0 Å². The molecule has 0 saturated carbocycles. The molecule has 2 radical (unpaired) electrons. The van der Waals surface area contributed by atoms with Crippen LogP contribution in [-0.4, -0.2) is 23.0 Å². The summed E-state index contributed by atoms with van der Waals surface area (Å²) in [7, 11) is 0. The molecular weight excluding hydrogens is 158 g/mol. The Morgan fingerprint density at radius 3 is 2.00 bits per heavy atom. The van der Waals surface area contributed by atoms with Crippen molar-refractivity contribution in [2.75, 3.05) is 0 Å². The molecule has 0 saturated heterocycles. The van der Waals surface area contributed by atoms with Gasteiger partial charge in [-0.1, -0.05) is 0 Å². The molecule has 4 heavy (non-hydrogen) atoms. The summed E-state index contributed by atoms with van der Waals surface area (Å²) >= 11 is 1.90. The van der Waals surface area contributed by atoms with Crippen LogP contribution in [0, 0.1) is 0 Å². The Hall–Kier alpha value is 0.818. The van der Waals surface area contributed by atoms with Gasteiger partial charge in [0, 0.05) is 0 Å². The van der Waals surface area contributed by atoms with Gasteiger partial charge in [0.05, 0.1) is 0 Å². The van der Waals surface area contributed by atoms with E-state index in [0.717, 1.165) is 0 Å². The third kappa shape index (κ3) is 2.82. The molecule has 0 atom stereocenters. The van der Waals surface area contributed by atoms with Gasteiger partial charge in [0.2, 0.25) is 0 Å². The quantitative estimate of drug-likeness (QED) is 0.508. The Morgan fingerprint density at radius 2 is 2.00 bits per heavy atom. The van der Waals surface area contributed by atoms with E-state index in [1.54, 1.807) is 0 Å². The Balaban J connectivity index is 1.97. The van der Waals surface area contributed by atoms with Crippen molar-refractivity contribution in [1.29, 1.82) is 0 Å². The summed E-state index contributed by atoms with van der Waals surface area (Å²) < 4.78 is 1.37. The van der Waals surface area contributed by atoms with E-state index < -0.39 is 0 Å². The molecule has 0 aliphatic heterocycles. The molecule has 0 N–H and O–H groups in total. The first-order chi connectivity index (χ1) is 1.91. The van der Waals surface area contributed by atoms with E-state index in [4.69, 9.17) is 0 Å². The Morgan fingerprint density at radius 1 is 1.75 bits per heavy atom. The second-order valence-corrected chi connectivity index (χ2v) is 2.00. The van der Waals surface area contributed by atoms with E-state index >= 15 is 0 Å². The molecule has 0 aromatic heterocycles. The molecule has 0 aliphatic rings. The van der Waals surface area contributed by atoms with Crippen molar-refractivity contribution in [3.8, 4) is 0 Å². The summed E-state index contributed by atoms with van der Waals surface area (Å²) in [6.45, 7) is 2.19. The van der Waals surface area contributed by atoms with Crippen LogP contribution in [0.5, 0.6) is 0 Å². The Labute approximate surface area is 41.1 Å². The zero-order valence-corrected chi connectivity index (χ0v) is 5.41. The molecule has 0 amide bonds. The van der Waals surface area contributed by atoms with E-state index in [1.165, 1.54) is 10.8 Å². The van der Waals surface area contributed by atoms with Crippen molar-refractivity contribution in [2.45, 2.75) is 17.7 Å². The average molecular weight is 165 g/mol. The van der Waals surface area contributed by atoms with Gasteiger partial charge in [-0.25, -0.2) is 0 Å². The first-order valence-electron chi connectivity index (χ1n) is 1.52. The molecule has 0 heterocycles. The van der Waals surface area contributed by atoms with E-state index in [-0.39, 0.29) is 0 Å².